The smallest absolute Gasteiger partial charge is 0.330 e. The molecule has 0 aromatic carbocycles. The standard InChI is InChI=1S/C15H23N3O6/c1-4-8(2)12(16)14(20)23-7-11-22-6-10(24-11)18-5-9(3)13(19)17-15(18)21/h5,8,10-12H,4,6-7,16H2,1-3H3,(H,17,19,21)/t8-,10+,11+,12-/m0/s1. The van der Waals surface area contributed by atoms with E-state index in [9.17, 15) is 14.4 Å². The number of hydrogen-bond acceptors (Lipinski definition) is 7. The Labute approximate surface area is 138 Å². The maximum Gasteiger partial charge on any atom is 0.330 e. The minimum Gasteiger partial charge on any atom is -0.459 e. The number of rotatable bonds is 6. The maximum absolute atomic E-state index is 11.8. The van der Waals surface area contributed by atoms with Gasteiger partial charge in [0.15, 0.2) is 12.5 Å². The number of nitrogens with one attached hydrogen (secondary N) is 1. The van der Waals surface area contributed by atoms with Crippen LogP contribution in [-0.2, 0) is 19.0 Å². The second-order valence-electron chi connectivity index (χ2n) is 5.87. The first-order valence-electron chi connectivity index (χ1n) is 7.84. The molecule has 0 saturated carbocycles. The summed E-state index contributed by atoms with van der Waals surface area (Å²) in [7, 11) is 0. The molecule has 0 spiro atoms. The molecule has 1 fully saturated rings. The molecule has 0 aliphatic carbocycles. The number of nitrogens with two attached hydrogens (primary N) is 1. The van der Waals surface area contributed by atoms with Crippen molar-refractivity contribution in [2.75, 3.05) is 13.2 Å². The van der Waals surface area contributed by atoms with Crippen molar-refractivity contribution in [3.8, 4) is 0 Å². The lowest BCUT2D eigenvalue weighted by Gasteiger charge is -2.18. The van der Waals surface area contributed by atoms with Crippen LogP contribution in [0.1, 0.15) is 32.1 Å². The Morgan fingerprint density at radius 2 is 2.25 bits per heavy atom. The number of aromatic nitrogens is 2. The SMILES string of the molecule is CC[C@H](C)[C@H](N)C(=O)OC[C@@H]1OC[C@H](n2cc(C)c(=O)[nH]c2=O)O1. The van der Waals surface area contributed by atoms with Gasteiger partial charge in [0.2, 0.25) is 0 Å². The van der Waals surface area contributed by atoms with Gasteiger partial charge in [0.05, 0.1) is 6.61 Å². The van der Waals surface area contributed by atoms with E-state index < -0.39 is 35.8 Å². The largest absolute Gasteiger partial charge is 0.459 e. The number of nitrogens with zero attached hydrogens (tertiary/aromatic N) is 1. The lowest BCUT2D eigenvalue weighted by molar-refractivity contribution is -0.161. The molecule has 3 N–H and O–H groups in total. The van der Waals surface area contributed by atoms with Crippen LogP contribution in [0.3, 0.4) is 0 Å². The molecule has 1 aromatic rings. The van der Waals surface area contributed by atoms with Gasteiger partial charge in [-0.2, -0.15) is 0 Å². The van der Waals surface area contributed by atoms with Crippen molar-refractivity contribution in [2.24, 2.45) is 11.7 Å². The summed E-state index contributed by atoms with van der Waals surface area (Å²) in [5.41, 5.74) is 5.14. The fourth-order valence-electron chi connectivity index (χ4n) is 2.21. The van der Waals surface area contributed by atoms with Crippen molar-refractivity contribution in [1.82, 2.24) is 9.55 Å². The van der Waals surface area contributed by atoms with Crippen molar-refractivity contribution in [1.29, 1.82) is 0 Å². The number of ether oxygens (including phenoxy) is 3. The number of carbonyl (C=O) groups is 1. The van der Waals surface area contributed by atoms with E-state index in [2.05, 4.69) is 4.98 Å². The molecule has 0 unspecified atom stereocenters. The van der Waals surface area contributed by atoms with Crippen LogP contribution in [0.2, 0.25) is 0 Å². The molecular weight excluding hydrogens is 318 g/mol. The van der Waals surface area contributed by atoms with E-state index in [0.29, 0.717) is 5.56 Å². The Bertz CT molecular complexity index is 697. The van der Waals surface area contributed by atoms with E-state index in [4.69, 9.17) is 19.9 Å². The highest BCUT2D eigenvalue weighted by molar-refractivity contribution is 5.75. The minimum absolute atomic E-state index is 0.0124. The Morgan fingerprint density at radius 1 is 1.54 bits per heavy atom. The van der Waals surface area contributed by atoms with Crippen LogP contribution < -0.4 is 17.0 Å². The van der Waals surface area contributed by atoms with Gasteiger partial charge in [-0.1, -0.05) is 20.3 Å². The summed E-state index contributed by atoms with van der Waals surface area (Å²) in [5.74, 6) is -0.504. The van der Waals surface area contributed by atoms with Gasteiger partial charge in [0.1, 0.15) is 12.6 Å². The predicted octanol–water partition coefficient (Wildman–Crippen LogP) is -0.367. The molecule has 0 amide bonds. The van der Waals surface area contributed by atoms with Gasteiger partial charge in [-0.15, -0.1) is 0 Å². The van der Waals surface area contributed by atoms with Crippen molar-refractivity contribution in [3.05, 3.63) is 32.6 Å². The Balaban J connectivity index is 1.92. The van der Waals surface area contributed by atoms with Crippen LogP contribution in [0.4, 0.5) is 0 Å². The molecule has 2 rings (SSSR count). The third kappa shape index (κ3) is 4.11. The first-order valence-corrected chi connectivity index (χ1v) is 7.84. The second-order valence-corrected chi connectivity index (χ2v) is 5.87. The normalized spacial score (nSPS) is 23.0. The van der Waals surface area contributed by atoms with Crippen LogP contribution >= 0.6 is 0 Å². The number of aryl methyl sites for hydroxylation is 1. The molecule has 134 valence electrons. The Morgan fingerprint density at radius 3 is 2.92 bits per heavy atom. The highest BCUT2D eigenvalue weighted by Gasteiger charge is 2.30. The predicted molar refractivity (Wildman–Crippen MR) is 84.3 cm³/mol. The van der Waals surface area contributed by atoms with E-state index >= 15 is 0 Å². The third-order valence-corrected chi connectivity index (χ3v) is 4.08. The zero-order valence-corrected chi connectivity index (χ0v) is 14.0. The van der Waals surface area contributed by atoms with Crippen molar-refractivity contribution in [2.45, 2.75) is 45.8 Å². The molecule has 1 aliphatic heterocycles. The molecule has 2 heterocycles. The summed E-state index contributed by atoms with van der Waals surface area (Å²) in [6.45, 7) is 5.38. The topological polar surface area (TPSA) is 126 Å². The van der Waals surface area contributed by atoms with Gasteiger partial charge in [-0.25, -0.2) is 4.79 Å². The van der Waals surface area contributed by atoms with Crippen LogP contribution in [-0.4, -0.2) is 41.1 Å². The fraction of sp³-hybridized carbons (Fsp3) is 0.667. The molecule has 24 heavy (non-hydrogen) atoms. The van der Waals surface area contributed by atoms with E-state index in [-0.39, 0.29) is 19.1 Å². The van der Waals surface area contributed by atoms with Gasteiger partial charge in [0.25, 0.3) is 5.56 Å². The summed E-state index contributed by atoms with van der Waals surface area (Å²) in [4.78, 5) is 37.2. The van der Waals surface area contributed by atoms with Gasteiger partial charge in [-0.3, -0.25) is 19.1 Å². The highest BCUT2D eigenvalue weighted by Crippen LogP contribution is 2.20. The molecule has 1 aromatic heterocycles. The zero-order chi connectivity index (χ0) is 17.9. The van der Waals surface area contributed by atoms with Gasteiger partial charge < -0.3 is 19.9 Å². The number of esters is 1. The van der Waals surface area contributed by atoms with Crippen LogP contribution in [0.25, 0.3) is 0 Å². The number of H-pyrrole nitrogens is 1. The maximum atomic E-state index is 11.8. The second kappa shape index (κ2) is 7.73. The summed E-state index contributed by atoms with van der Waals surface area (Å²) in [6.07, 6.45) is 0.688. The summed E-state index contributed by atoms with van der Waals surface area (Å²) in [5, 5.41) is 0. The van der Waals surface area contributed by atoms with E-state index in [1.165, 1.54) is 10.8 Å². The van der Waals surface area contributed by atoms with Crippen LogP contribution in [0, 0.1) is 12.8 Å². The molecule has 1 aliphatic rings. The molecule has 9 heteroatoms. The van der Waals surface area contributed by atoms with Crippen molar-refractivity contribution >= 4 is 5.97 Å². The van der Waals surface area contributed by atoms with Gasteiger partial charge in [0, 0.05) is 11.8 Å². The molecule has 0 radical (unpaired) electrons. The lowest BCUT2D eigenvalue weighted by Crippen LogP contribution is -2.39. The Kier molecular flexibility index (Phi) is 5.92. The number of carbonyl (C=O) groups excluding carboxylic acids is 1. The molecule has 9 nitrogen and oxygen atoms in total. The Hall–Kier alpha value is -1.97. The lowest BCUT2D eigenvalue weighted by atomic mass is 10.0. The first-order chi connectivity index (χ1) is 11.3. The molecule has 4 atom stereocenters. The van der Waals surface area contributed by atoms with Crippen molar-refractivity contribution < 1.29 is 19.0 Å². The van der Waals surface area contributed by atoms with Crippen LogP contribution in [0.15, 0.2) is 15.8 Å². The van der Waals surface area contributed by atoms with E-state index in [0.717, 1.165) is 6.42 Å². The quantitative estimate of drug-likeness (QED) is 0.676. The van der Waals surface area contributed by atoms with Gasteiger partial charge >= 0.3 is 11.7 Å². The minimum atomic E-state index is -0.790. The average molecular weight is 341 g/mol. The molecular formula is C15H23N3O6. The van der Waals surface area contributed by atoms with Crippen LogP contribution in [0.5, 0.6) is 0 Å². The number of aromatic amines is 1. The molecule has 0 bridgehead atoms. The summed E-state index contributed by atoms with van der Waals surface area (Å²) >= 11 is 0. The highest BCUT2D eigenvalue weighted by atomic mass is 16.7. The first kappa shape index (κ1) is 18.4. The third-order valence-electron chi connectivity index (χ3n) is 4.08. The number of hydrogen-bond donors (Lipinski definition) is 2. The average Bonchev–Trinajstić information content (AvgIpc) is 3.03. The fourth-order valence-corrected chi connectivity index (χ4v) is 2.21. The zero-order valence-electron chi connectivity index (χ0n) is 14.0. The monoisotopic (exact) mass is 341 g/mol. The summed E-state index contributed by atoms with van der Waals surface area (Å²) < 4.78 is 17.3. The van der Waals surface area contributed by atoms with E-state index in [1.54, 1.807) is 6.92 Å². The molecule has 1 saturated heterocycles. The van der Waals surface area contributed by atoms with Gasteiger partial charge in [-0.05, 0) is 12.8 Å². The van der Waals surface area contributed by atoms with Crippen molar-refractivity contribution in [3.63, 3.8) is 0 Å². The van der Waals surface area contributed by atoms with E-state index in [1.807, 2.05) is 13.8 Å². The summed E-state index contributed by atoms with van der Waals surface area (Å²) in [6, 6.07) is -0.698.